The van der Waals surface area contributed by atoms with Crippen LogP contribution in [-0.2, 0) is 0 Å². The number of hydrogen-bond donors (Lipinski definition) is 1. The minimum absolute atomic E-state index is 0.0237. The van der Waals surface area contributed by atoms with Gasteiger partial charge in [0.2, 0.25) is 5.88 Å². The molecule has 3 aromatic carbocycles. The third-order valence-corrected chi connectivity index (χ3v) is 6.99. The summed E-state index contributed by atoms with van der Waals surface area (Å²) in [6.07, 6.45) is 7.77. The molecule has 0 aromatic heterocycles. The molecule has 0 fully saturated rings. The molecule has 0 aliphatic carbocycles. The van der Waals surface area contributed by atoms with Gasteiger partial charge in [0.25, 0.3) is 0 Å². The summed E-state index contributed by atoms with van der Waals surface area (Å²) in [4.78, 5) is 13.0. The molecule has 0 saturated carbocycles. The summed E-state index contributed by atoms with van der Waals surface area (Å²) < 4.78 is 23.2. The quantitative estimate of drug-likeness (QED) is 0.124. The standard InChI is InChI=1S/C34H38N2O5/c1-3-5-7-8-11-21-38-25-16-14-24(15-17-25)32-27-19-18-26(22-31(27)41-33(36)29(32)23-35)40-34(37)28-12-9-10-13-30(28)39-20-6-4-2/h9-10,12-19,22,32H,3-8,11,20-21,36H2,1-2H3. The number of ether oxygens (including phenoxy) is 4. The number of unbranched alkanes of at least 4 members (excludes halogenated alkanes) is 5. The fourth-order valence-electron chi connectivity index (χ4n) is 4.74. The summed E-state index contributed by atoms with van der Waals surface area (Å²) in [6, 6.07) is 22.1. The molecule has 0 amide bonds. The molecule has 1 heterocycles. The summed E-state index contributed by atoms with van der Waals surface area (Å²) in [7, 11) is 0. The van der Waals surface area contributed by atoms with Gasteiger partial charge in [0.1, 0.15) is 40.2 Å². The minimum Gasteiger partial charge on any atom is -0.494 e. The largest absolute Gasteiger partial charge is 0.494 e. The number of para-hydroxylation sites is 1. The fourth-order valence-corrected chi connectivity index (χ4v) is 4.74. The van der Waals surface area contributed by atoms with Gasteiger partial charge in [-0.15, -0.1) is 0 Å². The van der Waals surface area contributed by atoms with Crippen molar-refractivity contribution < 1.29 is 23.7 Å². The van der Waals surface area contributed by atoms with Crippen LogP contribution in [0.25, 0.3) is 0 Å². The smallest absolute Gasteiger partial charge is 0.347 e. The molecule has 0 saturated heterocycles. The first-order chi connectivity index (χ1) is 20.0. The summed E-state index contributed by atoms with van der Waals surface area (Å²) in [5, 5.41) is 9.91. The summed E-state index contributed by atoms with van der Waals surface area (Å²) in [5.41, 5.74) is 8.48. The van der Waals surface area contributed by atoms with E-state index in [0.717, 1.165) is 42.6 Å². The number of carbonyl (C=O) groups excluding carboxylic acids is 1. The molecule has 0 bridgehead atoms. The van der Waals surface area contributed by atoms with Gasteiger partial charge in [-0.05, 0) is 48.7 Å². The van der Waals surface area contributed by atoms with Crippen LogP contribution in [0, 0.1) is 11.3 Å². The van der Waals surface area contributed by atoms with Crippen LogP contribution in [0.3, 0.4) is 0 Å². The first-order valence-corrected chi connectivity index (χ1v) is 14.4. The van der Waals surface area contributed by atoms with E-state index in [1.807, 2.05) is 30.3 Å². The molecule has 41 heavy (non-hydrogen) atoms. The molecular formula is C34H38N2O5. The second-order valence-corrected chi connectivity index (χ2v) is 10.0. The Morgan fingerprint density at radius 1 is 0.878 bits per heavy atom. The zero-order chi connectivity index (χ0) is 29.0. The van der Waals surface area contributed by atoms with E-state index in [9.17, 15) is 10.1 Å². The molecule has 0 radical (unpaired) electrons. The monoisotopic (exact) mass is 554 g/mol. The number of fused-ring (bicyclic) bond motifs is 1. The lowest BCUT2D eigenvalue weighted by Crippen LogP contribution is -2.21. The Bertz CT molecular complexity index is 1390. The van der Waals surface area contributed by atoms with Gasteiger partial charge in [0.05, 0.1) is 19.1 Å². The zero-order valence-corrected chi connectivity index (χ0v) is 23.9. The number of rotatable bonds is 14. The second-order valence-electron chi connectivity index (χ2n) is 10.0. The number of esters is 1. The zero-order valence-electron chi connectivity index (χ0n) is 23.9. The molecule has 214 valence electrons. The van der Waals surface area contributed by atoms with E-state index in [4.69, 9.17) is 24.7 Å². The average molecular weight is 555 g/mol. The van der Waals surface area contributed by atoms with Gasteiger partial charge in [-0.3, -0.25) is 0 Å². The van der Waals surface area contributed by atoms with E-state index < -0.39 is 11.9 Å². The van der Waals surface area contributed by atoms with Crippen LogP contribution in [0.2, 0.25) is 0 Å². The molecule has 1 aliphatic heterocycles. The van der Waals surface area contributed by atoms with Crippen molar-refractivity contribution in [3.63, 3.8) is 0 Å². The van der Waals surface area contributed by atoms with Gasteiger partial charge in [0.15, 0.2) is 0 Å². The third kappa shape index (κ3) is 7.61. The fraction of sp³-hybridized carbons (Fsp3) is 0.353. The van der Waals surface area contributed by atoms with Crippen molar-refractivity contribution >= 4 is 5.97 Å². The molecule has 2 N–H and O–H groups in total. The predicted molar refractivity (Wildman–Crippen MR) is 158 cm³/mol. The topological polar surface area (TPSA) is 104 Å². The Morgan fingerprint density at radius 3 is 2.34 bits per heavy atom. The van der Waals surface area contributed by atoms with E-state index in [0.29, 0.717) is 41.6 Å². The number of nitrogens with zero attached hydrogens (tertiary/aromatic N) is 1. The van der Waals surface area contributed by atoms with Crippen molar-refractivity contribution in [3.05, 3.63) is 94.9 Å². The Morgan fingerprint density at radius 2 is 1.59 bits per heavy atom. The number of nitriles is 1. The molecule has 7 heteroatoms. The normalized spacial score (nSPS) is 14.0. The van der Waals surface area contributed by atoms with Crippen LogP contribution in [0.15, 0.2) is 78.2 Å². The SMILES string of the molecule is CCCCCCCOc1ccc(C2C(C#N)=C(N)Oc3cc(OC(=O)c4ccccc4OCCCC)ccc32)cc1. The first kappa shape index (κ1) is 29.5. The average Bonchev–Trinajstić information content (AvgIpc) is 2.99. The van der Waals surface area contributed by atoms with E-state index >= 15 is 0 Å². The Hall–Kier alpha value is -4.44. The highest BCUT2D eigenvalue weighted by Crippen LogP contribution is 2.43. The molecule has 1 unspecified atom stereocenters. The molecule has 1 atom stereocenters. The molecule has 3 aromatic rings. The number of carbonyl (C=O) groups is 1. The first-order valence-electron chi connectivity index (χ1n) is 14.4. The predicted octanol–water partition coefficient (Wildman–Crippen LogP) is 7.65. The maximum absolute atomic E-state index is 13.0. The maximum atomic E-state index is 13.0. The highest BCUT2D eigenvalue weighted by Gasteiger charge is 2.31. The highest BCUT2D eigenvalue weighted by molar-refractivity contribution is 5.94. The molecular weight excluding hydrogens is 516 g/mol. The summed E-state index contributed by atoms with van der Waals surface area (Å²) in [5.74, 6) is 1.05. The number of nitrogens with two attached hydrogens (primary N) is 1. The van der Waals surface area contributed by atoms with Crippen LogP contribution in [0.4, 0.5) is 0 Å². The van der Waals surface area contributed by atoms with E-state index in [1.165, 1.54) is 19.3 Å². The van der Waals surface area contributed by atoms with Gasteiger partial charge in [-0.25, -0.2) is 4.79 Å². The lowest BCUT2D eigenvalue weighted by molar-refractivity contribution is 0.0730. The lowest BCUT2D eigenvalue weighted by Gasteiger charge is -2.27. The van der Waals surface area contributed by atoms with Crippen LogP contribution in [0.5, 0.6) is 23.0 Å². The Labute approximate surface area is 242 Å². The van der Waals surface area contributed by atoms with Crippen molar-refractivity contribution in [3.8, 4) is 29.1 Å². The van der Waals surface area contributed by atoms with Crippen molar-refractivity contribution in [2.45, 2.75) is 64.7 Å². The van der Waals surface area contributed by atoms with Crippen molar-refractivity contribution in [2.24, 2.45) is 5.73 Å². The minimum atomic E-state index is -0.536. The van der Waals surface area contributed by atoms with E-state index in [2.05, 4.69) is 19.9 Å². The van der Waals surface area contributed by atoms with Crippen LogP contribution in [-0.4, -0.2) is 19.2 Å². The molecule has 0 spiro atoms. The van der Waals surface area contributed by atoms with Crippen molar-refractivity contribution in [2.75, 3.05) is 13.2 Å². The lowest BCUT2D eigenvalue weighted by atomic mass is 9.83. The summed E-state index contributed by atoms with van der Waals surface area (Å²) in [6.45, 7) is 5.48. The van der Waals surface area contributed by atoms with E-state index in [-0.39, 0.29) is 5.88 Å². The van der Waals surface area contributed by atoms with Crippen molar-refractivity contribution in [1.29, 1.82) is 5.26 Å². The Kier molecular flexibility index (Phi) is 10.7. The maximum Gasteiger partial charge on any atom is 0.347 e. The molecule has 7 nitrogen and oxygen atoms in total. The molecule has 4 rings (SSSR count). The van der Waals surface area contributed by atoms with Crippen LogP contribution >= 0.6 is 0 Å². The van der Waals surface area contributed by atoms with E-state index in [1.54, 1.807) is 36.4 Å². The Balaban J connectivity index is 1.49. The third-order valence-electron chi connectivity index (χ3n) is 6.99. The number of benzene rings is 3. The van der Waals surface area contributed by atoms with Gasteiger partial charge in [-0.1, -0.05) is 76.3 Å². The molecule has 1 aliphatic rings. The number of allylic oxidation sites excluding steroid dienone is 1. The van der Waals surface area contributed by atoms with Gasteiger partial charge < -0.3 is 24.7 Å². The van der Waals surface area contributed by atoms with Gasteiger partial charge in [0, 0.05) is 11.6 Å². The second kappa shape index (κ2) is 14.8. The van der Waals surface area contributed by atoms with Crippen molar-refractivity contribution in [1.82, 2.24) is 0 Å². The summed E-state index contributed by atoms with van der Waals surface area (Å²) >= 11 is 0. The van der Waals surface area contributed by atoms with Crippen LogP contribution < -0.4 is 24.7 Å². The van der Waals surface area contributed by atoms with Gasteiger partial charge in [-0.2, -0.15) is 5.26 Å². The van der Waals surface area contributed by atoms with Crippen LogP contribution in [0.1, 0.15) is 86.2 Å². The number of hydrogen-bond acceptors (Lipinski definition) is 7. The van der Waals surface area contributed by atoms with Gasteiger partial charge >= 0.3 is 5.97 Å². The highest BCUT2D eigenvalue weighted by atomic mass is 16.5.